The van der Waals surface area contributed by atoms with E-state index in [1.165, 1.54) is 0 Å². The molecule has 0 aromatic heterocycles. The number of hydrogen-bond donors (Lipinski definition) is 0. The van der Waals surface area contributed by atoms with Crippen molar-refractivity contribution in [2.24, 2.45) is 15.3 Å². The zero-order chi connectivity index (χ0) is 21.8. The van der Waals surface area contributed by atoms with Crippen LogP contribution in [-0.2, 0) is 6.42 Å². The van der Waals surface area contributed by atoms with E-state index >= 15 is 0 Å². The number of nitro groups is 1. The number of ether oxygens (including phenoxy) is 2. The summed E-state index contributed by atoms with van der Waals surface area (Å²) in [4.78, 5) is 10.6. The van der Waals surface area contributed by atoms with Gasteiger partial charge in [0.25, 0.3) is 5.69 Å². The van der Waals surface area contributed by atoms with Gasteiger partial charge in [-0.2, -0.15) is 15.3 Å². The highest BCUT2D eigenvalue weighted by Crippen LogP contribution is 2.42. The normalized spacial score (nSPS) is 24.0. The molecule has 0 amide bonds. The van der Waals surface area contributed by atoms with Crippen LogP contribution in [0.4, 0.5) is 5.69 Å². The van der Waals surface area contributed by atoms with Crippen molar-refractivity contribution in [3.05, 3.63) is 62.7 Å². The fourth-order valence-corrected chi connectivity index (χ4v) is 4.99. The third kappa shape index (κ3) is 3.31. The minimum absolute atomic E-state index is 0.0200. The van der Waals surface area contributed by atoms with Gasteiger partial charge in [0.05, 0.1) is 16.7 Å². The van der Waals surface area contributed by atoms with E-state index in [2.05, 4.69) is 17.2 Å². The number of rotatable bonds is 3. The third-order valence-electron chi connectivity index (χ3n) is 5.75. The number of hydrogen-bond acceptors (Lipinski definition) is 9. The van der Waals surface area contributed by atoms with Crippen LogP contribution in [0.3, 0.4) is 0 Å². The van der Waals surface area contributed by atoms with E-state index < -0.39 is 4.99 Å². The Morgan fingerprint density at radius 1 is 1.26 bits per heavy atom. The van der Waals surface area contributed by atoms with Gasteiger partial charge >= 0.3 is 0 Å². The molecule has 2 atom stereocenters. The molecule has 2 aromatic carbocycles. The molecule has 3 aliphatic rings. The molecule has 0 bridgehead atoms. The number of benzene rings is 2. The van der Waals surface area contributed by atoms with Gasteiger partial charge in [-0.3, -0.25) is 15.1 Å². The van der Waals surface area contributed by atoms with Crippen molar-refractivity contribution in [3.8, 4) is 11.5 Å². The van der Waals surface area contributed by atoms with Crippen LogP contribution in [-0.4, -0.2) is 39.4 Å². The first-order valence-corrected chi connectivity index (χ1v) is 10.9. The Bertz CT molecular complexity index is 1150. The summed E-state index contributed by atoms with van der Waals surface area (Å²) in [5.74, 6) is 1.92. The van der Waals surface area contributed by atoms with Crippen LogP contribution >= 0.6 is 11.8 Å². The third-order valence-corrected chi connectivity index (χ3v) is 6.81. The molecule has 0 saturated heterocycles. The van der Waals surface area contributed by atoms with Gasteiger partial charge in [-0.25, -0.2) is 0 Å². The fourth-order valence-electron chi connectivity index (χ4n) is 4.16. The topological polar surface area (TPSA) is 102 Å². The standard InChI is InChI=1S/C21H21N5O4S/c1-12-4-5-14(7-17(12)26(27)28)20-16-9-19-18(29-11-30-19)8-15(16)6-13(2)25(23-20)21(3)24-22-10-31-21/h4-5,7-9,13H,6,10-11H2,1-3H3. The van der Waals surface area contributed by atoms with Gasteiger partial charge in [-0.15, -0.1) is 0 Å². The van der Waals surface area contributed by atoms with Crippen molar-refractivity contribution < 1.29 is 14.4 Å². The van der Waals surface area contributed by atoms with Gasteiger partial charge in [0, 0.05) is 22.8 Å². The minimum atomic E-state index is -0.640. The second-order valence-electron chi connectivity index (χ2n) is 7.92. The first-order valence-electron chi connectivity index (χ1n) is 9.94. The van der Waals surface area contributed by atoms with Crippen molar-refractivity contribution in [2.75, 3.05) is 12.7 Å². The summed E-state index contributed by atoms with van der Waals surface area (Å²) >= 11 is 1.60. The Hall–Kier alpha value is -3.14. The Morgan fingerprint density at radius 2 is 2.03 bits per heavy atom. The molecule has 10 heteroatoms. The highest BCUT2D eigenvalue weighted by molar-refractivity contribution is 8.00. The summed E-state index contributed by atoms with van der Waals surface area (Å²) in [7, 11) is 0. The van der Waals surface area contributed by atoms with E-state index in [9.17, 15) is 10.1 Å². The zero-order valence-electron chi connectivity index (χ0n) is 17.4. The Kier molecular flexibility index (Phi) is 4.62. The van der Waals surface area contributed by atoms with Crippen LogP contribution in [0.25, 0.3) is 0 Å². The van der Waals surface area contributed by atoms with Crippen molar-refractivity contribution >= 4 is 23.2 Å². The van der Waals surface area contributed by atoms with Crippen LogP contribution in [0.1, 0.15) is 36.1 Å². The van der Waals surface area contributed by atoms with E-state index in [1.807, 2.05) is 30.1 Å². The predicted octanol–water partition coefficient (Wildman–Crippen LogP) is 4.46. The molecule has 0 aliphatic carbocycles. The molecule has 3 heterocycles. The van der Waals surface area contributed by atoms with E-state index in [-0.39, 0.29) is 23.4 Å². The Labute approximate surface area is 183 Å². The van der Waals surface area contributed by atoms with Gasteiger partial charge in [-0.1, -0.05) is 23.9 Å². The Balaban J connectivity index is 1.73. The van der Waals surface area contributed by atoms with E-state index in [0.29, 0.717) is 40.6 Å². The molecule has 0 fully saturated rings. The SMILES string of the molecule is Cc1ccc(C2=NN(C3(C)N=NCS3)C(C)Cc3cc4c(cc32)OCO4)cc1[N+](=O)[O-]. The van der Waals surface area contributed by atoms with Gasteiger partial charge in [-0.05, 0) is 44.9 Å². The second-order valence-corrected chi connectivity index (χ2v) is 9.24. The van der Waals surface area contributed by atoms with Gasteiger partial charge < -0.3 is 9.47 Å². The first kappa shape index (κ1) is 19.8. The van der Waals surface area contributed by atoms with E-state index in [0.717, 1.165) is 11.1 Å². The second kappa shape index (κ2) is 7.23. The largest absolute Gasteiger partial charge is 0.454 e. The maximum Gasteiger partial charge on any atom is 0.272 e. The van der Waals surface area contributed by atoms with Gasteiger partial charge in [0.1, 0.15) is 5.88 Å². The number of thioether (sulfide) groups is 1. The summed E-state index contributed by atoms with van der Waals surface area (Å²) in [6.45, 7) is 5.99. The van der Waals surface area contributed by atoms with Crippen LogP contribution in [0.5, 0.6) is 11.5 Å². The summed E-state index contributed by atoms with van der Waals surface area (Å²) in [5.41, 5.74) is 3.90. The Morgan fingerprint density at radius 3 is 2.74 bits per heavy atom. The quantitative estimate of drug-likeness (QED) is 0.517. The highest BCUT2D eigenvalue weighted by atomic mass is 32.2. The lowest BCUT2D eigenvalue weighted by Crippen LogP contribution is -2.43. The van der Waals surface area contributed by atoms with Crippen LogP contribution in [0.2, 0.25) is 0 Å². The fraction of sp³-hybridized carbons (Fsp3) is 0.381. The molecule has 0 N–H and O–H groups in total. The number of hydrazone groups is 1. The molecular formula is C21H21N5O4S. The predicted molar refractivity (Wildman–Crippen MR) is 117 cm³/mol. The maximum absolute atomic E-state index is 11.6. The lowest BCUT2D eigenvalue weighted by Gasteiger charge is -2.35. The van der Waals surface area contributed by atoms with Crippen molar-refractivity contribution in [2.45, 2.75) is 38.2 Å². The molecular weight excluding hydrogens is 418 g/mol. The maximum atomic E-state index is 11.6. The number of fused-ring (bicyclic) bond motifs is 2. The average molecular weight is 439 g/mol. The smallest absolute Gasteiger partial charge is 0.272 e. The summed E-state index contributed by atoms with van der Waals surface area (Å²) in [5, 5.41) is 27.2. The summed E-state index contributed by atoms with van der Waals surface area (Å²) in [6, 6.07) is 9.14. The lowest BCUT2D eigenvalue weighted by molar-refractivity contribution is -0.385. The first-order chi connectivity index (χ1) is 14.9. The molecule has 5 rings (SSSR count). The summed E-state index contributed by atoms with van der Waals surface area (Å²) in [6.07, 6.45) is 0.707. The number of azo groups is 1. The molecule has 2 unspecified atom stereocenters. The minimum Gasteiger partial charge on any atom is -0.454 e. The molecule has 9 nitrogen and oxygen atoms in total. The lowest BCUT2D eigenvalue weighted by atomic mass is 9.93. The molecule has 160 valence electrons. The van der Waals surface area contributed by atoms with Crippen LogP contribution < -0.4 is 9.47 Å². The van der Waals surface area contributed by atoms with Gasteiger partial charge in [0.2, 0.25) is 11.8 Å². The van der Waals surface area contributed by atoms with Crippen molar-refractivity contribution in [1.82, 2.24) is 5.01 Å². The number of aryl methyl sites for hydroxylation is 1. The van der Waals surface area contributed by atoms with Crippen molar-refractivity contribution in [3.63, 3.8) is 0 Å². The molecule has 0 saturated carbocycles. The van der Waals surface area contributed by atoms with E-state index in [1.54, 1.807) is 30.8 Å². The molecule has 0 radical (unpaired) electrons. The highest BCUT2D eigenvalue weighted by Gasteiger charge is 2.40. The van der Waals surface area contributed by atoms with Crippen LogP contribution in [0, 0.1) is 17.0 Å². The van der Waals surface area contributed by atoms with Crippen LogP contribution in [0.15, 0.2) is 45.7 Å². The molecule has 3 aliphatic heterocycles. The zero-order valence-corrected chi connectivity index (χ0v) is 18.2. The summed E-state index contributed by atoms with van der Waals surface area (Å²) < 4.78 is 11.2. The van der Waals surface area contributed by atoms with E-state index in [4.69, 9.17) is 14.6 Å². The van der Waals surface area contributed by atoms with Gasteiger partial charge in [0.15, 0.2) is 11.5 Å². The molecule has 2 aromatic rings. The molecule has 31 heavy (non-hydrogen) atoms. The number of nitrogens with zero attached hydrogens (tertiary/aromatic N) is 5. The van der Waals surface area contributed by atoms with Crippen molar-refractivity contribution in [1.29, 1.82) is 0 Å². The molecule has 0 spiro atoms. The number of nitro benzene ring substituents is 1. The average Bonchev–Trinajstić information content (AvgIpc) is 3.34. The monoisotopic (exact) mass is 439 g/mol.